The van der Waals surface area contributed by atoms with E-state index in [2.05, 4.69) is 5.32 Å². The number of hydrogen-bond donors (Lipinski definition) is 3. The molecule has 1 atom stereocenters. The van der Waals surface area contributed by atoms with Crippen LogP contribution < -0.4 is 11.1 Å². The molecule has 16 heavy (non-hydrogen) atoms. The van der Waals surface area contributed by atoms with E-state index in [-0.39, 0.29) is 5.91 Å². The molecule has 94 valence electrons. The molecule has 0 aromatic heterocycles. The Morgan fingerprint density at radius 1 is 1.31 bits per heavy atom. The van der Waals surface area contributed by atoms with E-state index in [1.165, 1.54) is 0 Å². The van der Waals surface area contributed by atoms with E-state index in [0.717, 1.165) is 6.42 Å². The summed E-state index contributed by atoms with van der Waals surface area (Å²) in [6.45, 7) is 5.41. The molecule has 1 amide bonds. The summed E-state index contributed by atoms with van der Waals surface area (Å²) in [4.78, 5) is 22.8. The predicted octanol–water partition coefficient (Wildman–Crippen LogP) is 0.873. The summed E-state index contributed by atoms with van der Waals surface area (Å²) in [6, 6.07) is -0.623. The second kappa shape index (κ2) is 6.48. The van der Waals surface area contributed by atoms with Crippen LogP contribution in [0.1, 0.15) is 46.5 Å². The normalized spacial score (nSPS) is 13.2. The van der Waals surface area contributed by atoms with E-state index in [0.29, 0.717) is 19.3 Å². The summed E-state index contributed by atoms with van der Waals surface area (Å²) in [5.41, 5.74) is 4.46. The number of carbonyl (C=O) groups is 2. The average Bonchev–Trinajstić information content (AvgIpc) is 2.25. The molecule has 0 heterocycles. The maximum atomic E-state index is 11.7. The van der Waals surface area contributed by atoms with Crippen LogP contribution in [-0.4, -0.2) is 28.6 Å². The molecule has 0 saturated carbocycles. The summed E-state index contributed by atoms with van der Waals surface area (Å²) in [5.74, 6) is -1.39. The van der Waals surface area contributed by atoms with Crippen molar-refractivity contribution >= 4 is 11.9 Å². The van der Waals surface area contributed by atoms with Crippen LogP contribution in [0, 0.1) is 0 Å². The molecule has 0 aromatic carbocycles. The number of carboxylic acids is 1. The molecule has 0 aliphatic carbocycles. The highest BCUT2D eigenvalue weighted by atomic mass is 16.4. The first kappa shape index (κ1) is 14.9. The van der Waals surface area contributed by atoms with E-state index >= 15 is 0 Å². The number of carbonyl (C=O) groups excluding carboxylic acids is 1. The first-order valence-corrected chi connectivity index (χ1v) is 5.74. The van der Waals surface area contributed by atoms with Gasteiger partial charge in [0, 0.05) is 0 Å². The van der Waals surface area contributed by atoms with Gasteiger partial charge in [0.2, 0.25) is 5.91 Å². The van der Waals surface area contributed by atoms with Gasteiger partial charge in [0.25, 0.3) is 0 Å². The Balaban J connectivity index is 4.64. The van der Waals surface area contributed by atoms with Gasteiger partial charge in [-0.05, 0) is 19.3 Å². The number of amides is 1. The van der Waals surface area contributed by atoms with Crippen molar-refractivity contribution in [1.82, 2.24) is 5.32 Å². The maximum absolute atomic E-state index is 11.7. The molecular formula is C11H22N2O3. The lowest BCUT2D eigenvalue weighted by Crippen LogP contribution is -2.57. The fraction of sp³-hybridized carbons (Fsp3) is 0.818. The van der Waals surface area contributed by atoms with Gasteiger partial charge >= 0.3 is 5.97 Å². The van der Waals surface area contributed by atoms with E-state index in [9.17, 15) is 9.59 Å². The Bertz CT molecular complexity index is 250. The fourth-order valence-corrected chi connectivity index (χ4v) is 1.55. The van der Waals surface area contributed by atoms with Crippen LogP contribution in [0.25, 0.3) is 0 Å². The van der Waals surface area contributed by atoms with Gasteiger partial charge in [0.1, 0.15) is 5.54 Å². The highest BCUT2D eigenvalue weighted by Gasteiger charge is 2.37. The number of nitrogens with two attached hydrogens (primary N) is 1. The van der Waals surface area contributed by atoms with Crippen LogP contribution in [0.5, 0.6) is 0 Å². The summed E-state index contributed by atoms with van der Waals surface area (Å²) in [7, 11) is 0. The van der Waals surface area contributed by atoms with Gasteiger partial charge in [-0.2, -0.15) is 0 Å². The molecule has 0 aliphatic heterocycles. The molecule has 0 spiro atoms. The van der Waals surface area contributed by atoms with Crippen molar-refractivity contribution in [2.75, 3.05) is 0 Å². The molecule has 5 nitrogen and oxygen atoms in total. The van der Waals surface area contributed by atoms with Crippen LogP contribution in [0.3, 0.4) is 0 Å². The lowest BCUT2D eigenvalue weighted by atomic mass is 9.92. The minimum atomic E-state index is -1.18. The zero-order valence-electron chi connectivity index (χ0n) is 10.2. The minimum absolute atomic E-state index is 0.351. The summed E-state index contributed by atoms with van der Waals surface area (Å²) < 4.78 is 0. The van der Waals surface area contributed by atoms with Crippen molar-refractivity contribution in [3.63, 3.8) is 0 Å². The Morgan fingerprint density at radius 3 is 2.12 bits per heavy atom. The molecule has 0 saturated heterocycles. The van der Waals surface area contributed by atoms with Gasteiger partial charge < -0.3 is 16.2 Å². The molecule has 0 radical (unpaired) electrons. The Morgan fingerprint density at radius 2 is 1.81 bits per heavy atom. The van der Waals surface area contributed by atoms with Crippen molar-refractivity contribution in [3.05, 3.63) is 0 Å². The first-order valence-electron chi connectivity index (χ1n) is 5.74. The van der Waals surface area contributed by atoms with Crippen molar-refractivity contribution in [2.45, 2.75) is 58.0 Å². The summed E-state index contributed by atoms with van der Waals surface area (Å²) in [5, 5.41) is 11.7. The summed E-state index contributed by atoms with van der Waals surface area (Å²) in [6.07, 6.45) is 2.06. The number of hydrogen-bond acceptors (Lipinski definition) is 3. The second-order valence-corrected chi connectivity index (χ2v) is 3.98. The lowest BCUT2D eigenvalue weighted by molar-refractivity contribution is -0.148. The number of rotatable bonds is 7. The van der Waals surface area contributed by atoms with Crippen molar-refractivity contribution in [2.24, 2.45) is 5.73 Å². The SMILES string of the molecule is CCC[C@H](N)C(=O)NC(CC)(CC)C(=O)O. The molecule has 0 aromatic rings. The van der Waals surface area contributed by atoms with Gasteiger partial charge in [0.15, 0.2) is 0 Å². The minimum Gasteiger partial charge on any atom is -0.480 e. The zero-order chi connectivity index (χ0) is 12.8. The topological polar surface area (TPSA) is 92.4 Å². The van der Waals surface area contributed by atoms with Crippen molar-refractivity contribution in [3.8, 4) is 0 Å². The number of aliphatic carboxylic acids is 1. The monoisotopic (exact) mass is 230 g/mol. The third-order valence-electron chi connectivity index (χ3n) is 2.92. The Labute approximate surface area is 96.4 Å². The third kappa shape index (κ3) is 3.48. The van der Waals surface area contributed by atoms with Crippen LogP contribution in [0.2, 0.25) is 0 Å². The second-order valence-electron chi connectivity index (χ2n) is 3.98. The van der Waals surface area contributed by atoms with Gasteiger partial charge in [-0.25, -0.2) is 4.79 Å². The molecule has 0 rings (SSSR count). The van der Waals surface area contributed by atoms with Crippen LogP contribution >= 0.6 is 0 Å². The van der Waals surface area contributed by atoms with Crippen LogP contribution in [0.4, 0.5) is 0 Å². The highest BCUT2D eigenvalue weighted by Crippen LogP contribution is 2.15. The first-order chi connectivity index (χ1) is 7.43. The van der Waals surface area contributed by atoms with E-state index in [4.69, 9.17) is 10.8 Å². The van der Waals surface area contributed by atoms with Gasteiger partial charge in [0.05, 0.1) is 6.04 Å². The fourth-order valence-electron chi connectivity index (χ4n) is 1.55. The maximum Gasteiger partial charge on any atom is 0.329 e. The standard InChI is InChI=1S/C11H22N2O3/c1-4-7-8(12)9(14)13-11(5-2,6-3)10(15)16/h8H,4-7,12H2,1-3H3,(H,13,14)(H,15,16)/t8-/m0/s1. The molecule has 0 unspecified atom stereocenters. The van der Waals surface area contributed by atoms with Crippen LogP contribution in [-0.2, 0) is 9.59 Å². The lowest BCUT2D eigenvalue weighted by Gasteiger charge is -2.29. The smallest absolute Gasteiger partial charge is 0.329 e. The number of nitrogens with one attached hydrogen (secondary N) is 1. The van der Waals surface area contributed by atoms with Crippen molar-refractivity contribution in [1.29, 1.82) is 0 Å². The van der Waals surface area contributed by atoms with E-state index < -0.39 is 17.6 Å². The molecule has 0 fully saturated rings. The van der Waals surface area contributed by atoms with Crippen molar-refractivity contribution < 1.29 is 14.7 Å². The van der Waals surface area contributed by atoms with Crippen LogP contribution in [0.15, 0.2) is 0 Å². The third-order valence-corrected chi connectivity index (χ3v) is 2.92. The molecule has 0 aliphatic rings. The molecule has 5 heteroatoms. The predicted molar refractivity (Wildman–Crippen MR) is 62.0 cm³/mol. The Hall–Kier alpha value is -1.10. The van der Waals surface area contributed by atoms with E-state index in [1.807, 2.05) is 6.92 Å². The Kier molecular flexibility index (Phi) is 6.03. The summed E-state index contributed by atoms with van der Waals surface area (Å²) >= 11 is 0. The molecular weight excluding hydrogens is 208 g/mol. The largest absolute Gasteiger partial charge is 0.480 e. The van der Waals surface area contributed by atoms with Gasteiger partial charge in [-0.1, -0.05) is 27.2 Å². The van der Waals surface area contributed by atoms with Gasteiger partial charge in [-0.3, -0.25) is 4.79 Å². The van der Waals surface area contributed by atoms with E-state index in [1.54, 1.807) is 13.8 Å². The highest BCUT2D eigenvalue weighted by molar-refractivity contribution is 5.89. The molecule has 4 N–H and O–H groups in total. The molecule has 0 bridgehead atoms. The quantitative estimate of drug-likeness (QED) is 0.605. The zero-order valence-corrected chi connectivity index (χ0v) is 10.2. The van der Waals surface area contributed by atoms with Gasteiger partial charge in [-0.15, -0.1) is 0 Å². The number of carboxylic acid groups (broad SMARTS) is 1. The average molecular weight is 230 g/mol.